The van der Waals surface area contributed by atoms with Gasteiger partial charge in [-0.05, 0) is 27.2 Å². The van der Waals surface area contributed by atoms with Crippen molar-refractivity contribution >= 4 is 12.0 Å². The topological polar surface area (TPSA) is 87.7 Å². The predicted molar refractivity (Wildman–Crippen MR) is 64.0 cm³/mol. The van der Waals surface area contributed by atoms with E-state index in [0.29, 0.717) is 19.6 Å². The van der Waals surface area contributed by atoms with Gasteiger partial charge in [0.2, 0.25) is 0 Å². The van der Waals surface area contributed by atoms with Gasteiger partial charge in [-0.3, -0.25) is 0 Å². The summed E-state index contributed by atoms with van der Waals surface area (Å²) in [6.45, 7) is 7.73. The predicted octanol–water partition coefficient (Wildman–Crippen LogP) is 0.964. The molecule has 100 valence electrons. The molecule has 0 rings (SSSR count). The molecule has 0 aromatic carbocycles. The minimum absolute atomic E-state index is 0.111. The smallest absolute Gasteiger partial charge is 0.329 e. The molecule has 1 unspecified atom stereocenters. The Morgan fingerprint density at radius 2 is 2.00 bits per heavy atom. The molecule has 0 saturated carbocycles. The fraction of sp³-hybridized carbons (Fsp3) is 0.818. The fourth-order valence-corrected chi connectivity index (χ4v) is 1.05. The summed E-state index contributed by atoms with van der Waals surface area (Å²) in [6.07, 6.45) is 0.429. The van der Waals surface area contributed by atoms with Crippen LogP contribution in [0.3, 0.4) is 0 Å². The van der Waals surface area contributed by atoms with Crippen molar-refractivity contribution < 1.29 is 19.4 Å². The van der Waals surface area contributed by atoms with Gasteiger partial charge in [0.25, 0.3) is 0 Å². The number of hydrogen-bond donors (Lipinski definition) is 3. The lowest BCUT2D eigenvalue weighted by molar-refractivity contribution is -0.143. The highest BCUT2D eigenvalue weighted by molar-refractivity contribution is 5.85. The van der Waals surface area contributed by atoms with E-state index in [0.717, 1.165) is 0 Å². The molecule has 1 atom stereocenters. The van der Waals surface area contributed by atoms with Crippen molar-refractivity contribution in [3.8, 4) is 0 Å². The second-order valence-corrected chi connectivity index (χ2v) is 4.29. The quantitative estimate of drug-likeness (QED) is 0.584. The molecule has 2 amide bonds. The molecule has 0 bridgehead atoms. The van der Waals surface area contributed by atoms with Gasteiger partial charge in [0, 0.05) is 6.54 Å². The van der Waals surface area contributed by atoms with Crippen LogP contribution in [0.1, 0.15) is 34.1 Å². The molecule has 0 radical (unpaired) electrons. The van der Waals surface area contributed by atoms with Crippen molar-refractivity contribution in [3.05, 3.63) is 0 Å². The summed E-state index contributed by atoms with van der Waals surface area (Å²) in [4.78, 5) is 22.4. The Hall–Kier alpha value is -1.30. The van der Waals surface area contributed by atoms with Crippen molar-refractivity contribution in [1.82, 2.24) is 10.6 Å². The maximum Gasteiger partial charge on any atom is 0.329 e. The van der Waals surface area contributed by atoms with Gasteiger partial charge >= 0.3 is 12.0 Å². The zero-order valence-electron chi connectivity index (χ0n) is 10.9. The molecular weight excluding hydrogens is 224 g/mol. The number of aliphatic carboxylic acids is 1. The van der Waals surface area contributed by atoms with Crippen molar-refractivity contribution in [3.63, 3.8) is 0 Å². The van der Waals surface area contributed by atoms with Crippen LogP contribution >= 0.6 is 0 Å². The van der Waals surface area contributed by atoms with E-state index in [-0.39, 0.29) is 6.10 Å². The first-order chi connectivity index (χ1) is 7.81. The third-order valence-corrected chi connectivity index (χ3v) is 2.41. The lowest BCUT2D eigenvalue weighted by Gasteiger charge is -2.24. The zero-order chi connectivity index (χ0) is 13.5. The fourth-order valence-electron chi connectivity index (χ4n) is 1.05. The molecule has 6 heteroatoms. The Morgan fingerprint density at radius 1 is 1.41 bits per heavy atom. The van der Waals surface area contributed by atoms with Crippen molar-refractivity contribution in [2.75, 3.05) is 13.2 Å². The second-order valence-electron chi connectivity index (χ2n) is 4.29. The van der Waals surface area contributed by atoms with Crippen molar-refractivity contribution in [2.45, 2.75) is 45.8 Å². The Kier molecular flexibility index (Phi) is 6.57. The lowest BCUT2D eigenvalue weighted by Crippen LogP contribution is -2.55. The molecule has 0 fully saturated rings. The van der Waals surface area contributed by atoms with Crippen LogP contribution in [-0.2, 0) is 9.53 Å². The average Bonchev–Trinajstić information content (AvgIpc) is 2.23. The first-order valence-electron chi connectivity index (χ1n) is 5.73. The van der Waals surface area contributed by atoms with Gasteiger partial charge in [-0.15, -0.1) is 0 Å². The van der Waals surface area contributed by atoms with E-state index in [9.17, 15) is 9.59 Å². The Labute approximate surface area is 102 Å². The molecule has 3 N–H and O–H groups in total. The normalized spacial score (nSPS) is 14.2. The highest BCUT2D eigenvalue weighted by Gasteiger charge is 2.32. The van der Waals surface area contributed by atoms with Crippen molar-refractivity contribution in [2.24, 2.45) is 0 Å². The van der Waals surface area contributed by atoms with Gasteiger partial charge in [-0.2, -0.15) is 0 Å². The van der Waals surface area contributed by atoms with Crippen LogP contribution in [0.15, 0.2) is 0 Å². The number of ether oxygens (including phenoxy) is 1. The highest BCUT2D eigenvalue weighted by Crippen LogP contribution is 2.08. The zero-order valence-corrected chi connectivity index (χ0v) is 10.9. The molecule has 0 aliphatic rings. The maximum absolute atomic E-state index is 11.4. The molecule has 0 aromatic heterocycles. The standard InChI is InChI=1S/C11H22N2O4/c1-5-11(4,9(14)15)13-10(16)12-6-7-17-8(2)3/h8H,5-7H2,1-4H3,(H,14,15)(H2,12,13,16). The number of amides is 2. The van der Waals surface area contributed by atoms with Crippen LogP contribution in [0, 0.1) is 0 Å². The molecule has 0 spiro atoms. The van der Waals surface area contributed by atoms with Crippen LogP contribution in [-0.4, -0.2) is 41.9 Å². The van der Waals surface area contributed by atoms with E-state index in [1.807, 2.05) is 13.8 Å². The van der Waals surface area contributed by atoms with E-state index < -0.39 is 17.5 Å². The minimum atomic E-state index is -1.23. The van der Waals surface area contributed by atoms with Gasteiger partial charge in [-0.1, -0.05) is 6.92 Å². The molecule has 17 heavy (non-hydrogen) atoms. The third-order valence-electron chi connectivity index (χ3n) is 2.41. The van der Waals surface area contributed by atoms with E-state index in [1.54, 1.807) is 6.92 Å². The van der Waals surface area contributed by atoms with Crippen LogP contribution in [0.5, 0.6) is 0 Å². The summed E-state index contributed by atoms with van der Waals surface area (Å²) >= 11 is 0. The summed E-state index contributed by atoms with van der Waals surface area (Å²) in [5.41, 5.74) is -1.23. The molecule has 0 aromatic rings. The first-order valence-corrected chi connectivity index (χ1v) is 5.73. The first kappa shape index (κ1) is 15.7. The molecule has 0 aliphatic heterocycles. The summed E-state index contributed by atoms with van der Waals surface area (Å²) in [7, 11) is 0. The number of carbonyl (C=O) groups excluding carboxylic acids is 1. The SMILES string of the molecule is CCC(C)(NC(=O)NCCOC(C)C)C(=O)O. The Morgan fingerprint density at radius 3 is 2.41 bits per heavy atom. The van der Waals surface area contributed by atoms with Gasteiger partial charge in [-0.25, -0.2) is 9.59 Å². The number of hydrogen-bond acceptors (Lipinski definition) is 3. The Bertz CT molecular complexity index is 268. The summed E-state index contributed by atoms with van der Waals surface area (Å²) in [6, 6.07) is -0.496. The van der Waals surface area contributed by atoms with Gasteiger partial charge in [0.05, 0.1) is 12.7 Å². The minimum Gasteiger partial charge on any atom is -0.480 e. The van der Waals surface area contributed by atoms with Gasteiger partial charge < -0.3 is 20.5 Å². The molecule has 6 nitrogen and oxygen atoms in total. The number of carbonyl (C=O) groups is 2. The number of urea groups is 1. The summed E-state index contributed by atoms with van der Waals surface area (Å²) < 4.78 is 5.24. The monoisotopic (exact) mass is 246 g/mol. The molecule has 0 aliphatic carbocycles. The largest absolute Gasteiger partial charge is 0.480 e. The van der Waals surface area contributed by atoms with Crippen LogP contribution < -0.4 is 10.6 Å². The summed E-state index contributed by atoms with van der Waals surface area (Å²) in [5, 5.41) is 13.9. The second kappa shape index (κ2) is 7.11. The van der Waals surface area contributed by atoms with Crippen molar-refractivity contribution in [1.29, 1.82) is 0 Å². The molecule has 0 heterocycles. The summed E-state index contributed by atoms with van der Waals surface area (Å²) in [5.74, 6) is -1.05. The number of carboxylic acid groups (broad SMARTS) is 1. The van der Waals surface area contributed by atoms with E-state index in [1.165, 1.54) is 6.92 Å². The lowest BCUT2D eigenvalue weighted by atomic mass is 10.00. The number of rotatable bonds is 7. The van der Waals surface area contributed by atoms with Crippen LogP contribution in [0.2, 0.25) is 0 Å². The van der Waals surface area contributed by atoms with E-state index in [2.05, 4.69) is 10.6 Å². The molecular formula is C11H22N2O4. The molecule has 0 saturated heterocycles. The van der Waals surface area contributed by atoms with Gasteiger partial charge in [0.15, 0.2) is 0 Å². The van der Waals surface area contributed by atoms with Crippen LogP contribution in [0.25, 0.3) is 0 Å². The van der Waals surface area contributed by atoms with Crippen LogP contribution in [0.4, 0.5) is 4.79 Å². The average molecular weight is 246 g/mol. The van der Waals surface area contributed by atoms with Gasteiger partial charge in [0.1, 0.15) is 5.54 Å². The highest BCUT2D eigenvalue weighted by atomic mass is 16.5. The third kappa shape index (κ3) is 6.11. The number of nitrogens with one attached hydrogen (secondary N) is 2. The maximum atomic E-state index is 11.4. The number of carboxylic acids is 1. The Balaban J connectivity index is 3.96. The van der Waals surface area contributed by atoms with E-state index >= 15 is 0 Å². The van der Waals surface area contributed by atoms with E-state index in [4.69, 9.17) is 9.84 Å².